The monoisotopic (exact) mass is 449 g/mol. The summed E-state index contributed by atoms with van der Waals surface area (Å²) in [5, 5.41) is 9.97. The molecule has 1 saturated heterocycles. The third kappa shape index (κ3) is 7.90. The van der Waals surface area contributed by atoms with E-state index in [1.807, 2.05) is 31.3 Å². The highest BCUT2D eigenvalue weighted by molar-refractivity contribution is 5.94. The van der Waals surface area contributed by atoms with Gasteiger partial charge in [0.25, 0.3) is 5.91 Å². The number of guanidine groups is 1. The van der Waals surface area contributed by atoms with Crippen LogP contribution in [0.5, 0.6) is 0 Å². The van der Waals surface area contributed by atoms with Crippen molar-refractivity contribution in [2.75, 3.05) is 20.1 Å². The Bertz CT molecular complexity index is 881. The topological polar surface area (TPSA) is 68.8 Å². The van der Waals surface area contributed by atoms with Gasteiger partial charge in [0.2, 0.25) is 0 Å². The number of amides is 1. The number of hydrogen-bond donors (Lipinski definition) is 3. The fourth-order valence-electron chi connectivity index (χ4n) is 4.23. The van der Waals surface area contributed by atoms with Gasteiger partial charge in [-0.3, -0.25) is 14.7 Å². The molecule has 2 unspecified atom stereocenters. The van der Waals surface area contributed by atoms with Gasteiger partial charge in [-0.2, -0.15) is 0 Å². The first kappa shape index (κ1) is 24.8. The van der Waals surface area contributed by atoms with Crippen molar-refractivity contribution in [2.45, 2.75) is 64.7 Å². The highest BCUT2D eigenvalue weighted by Crippen LogP contribution is 2.20. The normalized spacial score (nSPS) is 19.2. The zero-order chi connectivity index (χ0) is 23.5. The molecule has 6 heteroatoms. The lowest BCUT2D eigenvalue weighted by Gasteiger charge is -2.38. The molecule has 1 amide bonds. The van der Waals surface area contributed by atoms with Gasteiger partial charge in [-0.05, 0) is 49.4 Å². The predicted octanol–water partition coefficient (Wildman–Crippen LogP) is 3.93. The molecule has 2 atom stereocenters. The maximum Gasteiger partial charge on any atom is 0.251 e. The van der Waals surface area contributed by atoms with Crippen LogP contribution in [0, 0.1) is 0 Å². The van der Waals surface area contributed by atoms with E-state index in [0.29, 0.717) is 24.2 Å². The third-order valence-corrected chi connectivity index (χ3v) is 6.30. The van der Waals surface area contributed by atoms with Gasteiger partial charge >= 0.3 is 0 Å². The van der Waals surface area contributed by atoms with E-state index in [0.717, 1.165) is 56.8 Å². The van der Waals surface area contributed by atoms with Crippen LogP contribution in [0.25, 0.3) is 0 Å². The van der Waals surface area contributed by atoms with Crippen LogP contribution in [-0.4, -0.2) is 49.0 Å². The van der Waals surface area contributed by atoms with Crippen molar-refractivity contribution in [3.05, 3.63) is 71.3 Å². The van der Waals surface area contributed by atoms with Crippen LogP contribution in [0.1, 0.15) is 61.0 Å². The molecule has 1 aliphatic rings. The predicted molar refractivity (Wildman–Crippen MR) is 136 cm³/mol. The number of likely N-dealkylation sites (tertiary alicyclic amines) is 1. The Kier molecular flexibility index (Phi) is 9.76. The maximum atomic E-state index is 12.2. The first-order valence-corrected chi connectivity index (χ1v) is 12.2. The van der Waals surface area contributed by atoms with Crippen LogP contribution in [0.4, 0.5) is 0 Å². The minimum Gasteiger partial charge on any atom is -0.354 e. The fraction of sp³-hybridized carbons (Fsp3) is 0.481. The van der Waals surface area contributed by atoms with E-state index in [1.54, 1.807) is 0 Å². The van der Waals surface area contributed by atoms with E-state index < -0.39 is 0 Å². The minimum absolute atomic E-state index is 0.00633. The number of piperidine rings is 1. The molecule has 1 fully saturated rings. The summed E-state index contributed by atoms with van der Waals surface area (Å²) in [4.78, 5) is 19.1. The Morgan fingerprint density at radius 1 is 1.06 bits per heavy atom. The summed E-state index contributed by atoms with van der Waals surface area (Å²) in [6, 6.07) is 19.4. The number of carbonyl (C=O) groups is 1. The second-order valence-electron chi connectivity index (χ2n) is 8.90. The molecule has 2 aromatic rings. The van der Waals surface area contributed by atoms with Crippen molar-refractivity contribution in [1.29, 1.82) is 0 Å². The molecule has 6 nitrogen and oxygen atoms in total. The first-order chi connectivity index (χ1) is 16.1. The second kappa shape index (κ2) is 13.0. The standard InChI is InChI=1S/C27H39N5O/c1-4-5-16-29-26(33)24-13-11-22(12-14-24)19-30-27(28-3)31-25-15-17-32(21(2)18-25)20-23-9-7-6-8-10-23/h6-14,21,25H,4-5,15-20H2,1-3H3,(H,29,33)(H2,28,30,31). The van der Waals surface area contributed by atoms with E-state index in [9.17, 15) is 4.79 Å². The average Bonchev–Trinajstić information content (AvgIpc) is 2.84. The molecule has 1 heterocycles. The second-order valence-corrected chi connectivity index (χ2v) is 8.90. The Labute approximate surface area is 198 Å². The average molecular weight is 450 g/mol. The molecule has 33 heavy (non-hydrogen) atoms. The fourth-order valence-corrected chi connectivity index (χ4v) is 4.23. The molecule has 0 aliphatic carbocycles. The number of carbonyl (C=O) groups excluding carboxylic acids is 1. The number of rotatable bonds is 9. The number of hydrogen-bond acceptors (Lipinski definition) is 3. The summed E-state index contributed by atoms with van der Waals surface area (Å²) < 4.78 is 0. The van der Waals surface area contributed by atoms with E-state index in [2.05, 4.69) is 70.0 Å². The largest absolute Gasteiger partial charge is 0.354 e. The van der Waals surface area contributed by atoms with Crippen LogP contribution >= 0.6 is 0 Å². The summed E-state index contributed by atoms with van der Waals surface area (Å²) >= 11 is 0. The molecule has 2 aromatic carbocycles. The van der Waals surface area contributed by atoms with Gasteiger partial charge < -0.3 is 16.0 Å². The molecule has 1 aliphatic heterocycles. The Morgan fingerprint density at radius 2 is 1.82 bits per heavy atom. The lowest BCUT2D eigenvalue weighted by atomic mass is 9.97. The summed E-state index contributed by atoms with van der Waals surface area (Å²) in [6.45, 7) is 7.91. The van der Waals surface area contributed by atoms with Crippen LogP contribution < -0.4 is 16.0 Å². The molecular weight excluding hydrogens is 410 g/mol. The van der Waals surface area contributed by atoms with Gasteiger partial charge in [0.15, 0.2) is 5.96 Å². The van der Waals surface area contributed by atoms with E-state index in [-0.39, 0.29) is 5.91 Å². The number of aliphatic imine (C=N–C) groups is 1. The van der Waals surface area contributed by atoms with E-state index in [1.165, 1.54) is 5.56 Å². The molecular formula is C27H39N5O. The number of unbranched alkanes of at least 4 members (excludes halogenated alkanes) is 1. The van der Waals surface area contributed by atoms with Crippen molar-refractivity contribution in [1.82, 2.24) is 20.9 Å². The summed E-state index contributed by atoms with van der Waals surface area (Å²) in [5.74, 6) is 0.818. The highest BCUT2D eigenvalue weighted by Gasteiger charge is 2.25. The summed E-state index contributed by atoms with van der Waals surface area (Å²) in [6.07, 6.45) is 4.27. The number of nitrogens with zero attached hydrogens (tertiary/aromatic N) is 2. The molecule has 0 spiro atoms. The molecule has 3 rings (SSSR count). The minimum atomic E-state index is -0.00633. The van der Waals surface area contributed by atoms with Gasteiger partial charge in [0, 0.05) is 50.9 Å². The van der Waals surface area contributed by atoms with E-state index >= 15 is 0 Å². The van der Waals surface area contributed by atoms with Crippen molar-refractivity contribution in [3.8, 4) is 0 Å². The first-order valence-electron chi connectivity index (χ1n) is 12.2. The number of nitrogens with one attached hydrogen (secondary N) is 3. The Hall–Kier alpha value is -2.86. The van der Waals surface area contributed by atoms with E-state index in [4.69, 9.17) is 0 Å². The van der Waals surface area contributed by atoms with Crippen LogP contribution in [0.15, 0.2) is 59.6 Å². The van der Waals surface area contributed by atoms with Crippen molar-refractivity contribution < 1.29 is 4.79 Å². The highest BCUT2D eigenvalue weighted by atomic mass is 16.1. The molecule has 0 bridgehead atoms. The molecule has 0 radical (unpaired) electrons. The molecule has 0 aromatic heterocycles. The van der Waals surface area contributed by atoms with Crippen LogP contribution in [0.3, 0.4) is 0 Å². The van der Waals surface area contributed by atoms with Gasteiger partial charge in [-0.1, -0.05) is 55.8 Å². The maximum absolute atomic E-state index is 12.2. The molecule has 0 saturated carbocycles. The Morgan fingerprint density at radius 3 is 2.48 bits per heavy atom. The molecule has 178 valence electrons. The van der Waals surface area contributed by atoms with Gasteiger partial charge in [0.1, 0.15) is 0 Å². The third-order valence-electron chi connectivity index (χ3n) is 6.30. The molecule has 3 N–H and O–H groups in total. The number of benzene rings is 2. The summed E-state index contributed by atoms with van der Waals surface area (Å²) in [5.41, 5.74) is 3.19. The van der Waals surface area contributed by atoms with Crippen LogP contribution in [0.2, 0.25) is 0 Å². The quantitative estimate of drug-likeness (QED) is 0.308. The smallest absolute Gasteiger partial charge is 0.251 e. The Balaban J connectivity index is 1.43. The van der Waals surface area contributed by atoms with Gasteiger partial charge in [0.05, 0.1) is 0 Å². The van der Waals surface area contributed by atoms with Crippen molar-refractivity contribution >= 4 is 11.9 Å². The van der Waals surface area contributed by atoms with Gasteiger partial charge in [-0.25, -0.2) is 0 Å². The lowest BCUT2D eigenvalue weighted by Crippen LogP contribution is -2.51. The van der Waals surface area contributed by atoms with Crippen molar-refractivity contribution in [3.63, 3.8) is 0 Å². The summed E-state index contributed by atoms with van der Waals surface area (Å²) in [7, 11) is 1.81. The zero-order valence-electron chi connectivity index (χ0n) is 20.3. The van der Waals surface area contributed by atoms with Gasteiger partial charge in [-0.15, -0.1) is 0 Å². The SMILES string of the molecule is CCCCNC(=O)c1ccc(CNC(=NC)NC2CCN(Cc3ccccc3)C(C)C2)cc1. The lowest BCUT2D eigenvalue weighted by molar-refractivity contribution is 0.0953. The zero-order valence-corrected chi connectivity index (χ0v) is 20.3. The van der Waals surface area contributed by atoms with Crippen molar-refractivity contribution in [2.24, 2.45) is 4.99 Å². The van der Waals surface area contributed by atoms with Crippen LogP contribution in [-0.2, 0) is 13.1 Å².